The molecule has 0 N–H and O–H groups in total. The van der Waals surface area contributed by atoms with Gasteiger partial charge in [0.05, 0.1) is 11.6 Å². The van der Waals surface area contributed by atoms with Crippen molar-refractivity contribution in [1.82, 2.24) is 4.90 Å². The first-order valence-electron chi connectivity index (χ1n) is 7.52. The molecule has 2 bridgehead atoms. The largest absolute Gasteiger partial charge is 0.302 e. The van der Waals surface area contributed by atoms with Crippen molar-refractivity contribution < 1.29 is 4.39 Å². The van der Waals surface area contributed by atoms with Gasteiger partial charge in [-0.1, -0.05) is 12.5 Å². The highest BCUT2D eigenvalue weighted by atomic mass is 19.1. The lowest BCUT2D eigenvalue weighted by atomic mass is 9.88. The summed E-state index contributed by atoms with van der Waals surface area (Å²) in [6.45, 7) is 1.70. The lowest BCUT2D eigenvalue weighted by molar-refractivity contribution is 0.213. The van der Waals surface area contributed by atoms with Crippen LogP contribution in [0.4, 0.5) is 4.39 Å². The standard InChI is InChI=1S/C17H21FN2/c1-20(11-16-7-12-2-4-14(16)6-12)10-15-5-3-13(9-19)8-17(15)18/h3,5,8,12,14,16H,2,4,6-7,10-11H2,1H3. The van der Waals surface area contributed by atoms with Gasteiger partial charge in [-0.25, -0.2) is 4.39 Å². The minimum atomic E-state index is -0.260. The maximum atomic E-state index is 13.9. The number of hydrogen-bond donors (Lipinski definition) is 0. The Morgan fingerprint density at radius 2 is 2.20 bits per heavy atom. The smallest absolute Gasteiger partial charge is 0.129 e. The molecule has 0 heterocycles. The summed E-state index contributed by atoms with van der Waals surface area (Å²) in [5.74, 6) is 2.42. The van der Waals surface area contributed by atoms with Crippen molar-refractivity contribution in [2.75, 3.05) is 13.6 Å². The van der Waals surface area contributed by atoms with Crippen molar-refractivity contribution in [1.29, 1.82) is 5.26 Å². The van der Waals surface area contributed by atoms with Crippen LogP contribution in [-0.4, -0.2) is 18.5 Å². The Labute approximate surface area is 120 Å². The molecular formula is C17H21FN2. The summed E-state index contributed by atoms with van der Waals surface area (Å²) in [4.78, 5) is 2.23. The van der Waals surface area contributed by atoms with E-state index in [4.69, 9.17) is 5.26 Å². The number of rotatable bonds is 4. The van der Waals surface area contributed by atoms with Crippen molar-refractivity contribution in [3.8, 4) is 6.07 Å². The highest BCUT2D eigenvalue weighted by Crippen LogP contribution is 2.48. The minimum Gasteiger partial charge on any atom is -0.302 e. The monoisotopic (exact) mass is 272 g/mol. The summed E-state index contributed by atoms with van der Waals surface area (Å²) in [6, 6.07) is 6.75. The quantitative estimate of drug-likeness (QED) is 0.838. The average Bonchev–Trinajstić information content (AvgIpc) is 3.03. The fourth-order valence-corrected chi connectivity index (χ4v) is 4.10. The lowest BCUT2D eigenvalue weighted by Crippen LogP contribution is -2.28. The van der Waals surface area contributed by atoms with Gasteiger partial charge in [-0.05, 0) is 56.2 Å². The summed E-state index contributed by atoms with van der Waals surface area (Å²) in [7, 11) is 2.07. The Morgan fingerprint density at radius 3 is 2.80 bits per heavy atom. The molecule has 0 saturated heterocycles. The van der Waals surface area contributed by atoms with Crippen LogP contribution in [-0.2, 0) is 6.54 Å². The predicted octanol–water partition coefficient (Wildman–Crippen LogP) is 3.57. The lowest BCUT2D eigenvalue weighted by Gasteiger charge is -2.27. The van der Waals surface area contributed by atoms with Gasteiger partial charge in [0, 0.05) is 18.7 Å². The Morgan fingerprint density at radius 1 is 1.35 bits per heavy atom. The highest BCUT2D eigenvalue weighted by molar-refractivity contribution is 5.32. The molecule has 3 heteroatoms. The number of hydrogen-bond acceptors (Lipinski definition) is 2. The summed E-state index contributed by atoms with van der Waals surface area (Å²) in [5, 5.41) is 8.76. The zero-order valence-electron chi connectivity index (χ0n) is 12.0. The maximum absolute atomic E-state index is 13.9. The molecule has 0 aliphatic heterocycles. The second-order valence-electron chi connectivity index (χ2n) is 6.55. The molecule has 2 aliphatic rings. The molecule has 1 aromatic rings. The summed E-state index contributed by atoms with van der Waals surface area (Å²) in [5.41, 5.74) is 1.08. The molecule has 1 aromatic carbocycles. The van der Waals surface area contributed by atoms with Gasteiger partial charge in [0.1, 0.15) is 5.82 Å². The molecule has 106 valence electrons. The molecule has 3 atom stereocenters. The first-order valence-corrected chi connectivity index (χ1v) is 7.52. The summed E-state index contributed by atoms with van der Waals surface area (Å²) < 4.78 is 13.9. The van der Waals surface area contributed by atoms with E-state index in [1.165, 1.54) is 31.7 Å². The SMILES string of the molecule is CN(Cc1ccc(C#N)cc1F)CC1CC2CCC1C2. The molecule has 0 aromatic heterocycles. The van der Waals surface area contributed by atoms with Crippen molar-refractivity contribution in [3.63, 3.8) is 0 Å². The van der Waals surface area contributed by atoms with Crippen LogP contribution in [0.15, 0.2) is 18.2 Å². The molecule has 2 nitrogen and oxygen atoms in total. The summed E-state index contributed by atoms with van der Waals surface area (Å²) in [6.07, 6.45) is 5.61. The normalized spacial score (nSPS) is 28.0. The van der Waals surface area contributed by atoms with Crippen LogP contribution >= 0.6 is 0 Å². The molecule has 0 amide bonds. The molecule has 0 spiro atoms. The third-order valence-corrected chi connectivity index (χ3v) is 5.05. The van der Waals surface area contributed by atoms with Gasteiger partial charge < -0.3 is 4.90 Å². The third kappa shape index (κ3) is 2.71. The molecule has 0 radical (unpaired) electrons. The van der Waals surface area contributed by atoms with E-state index >= 15 is 0 Å². The average molecular weight is 272 g/mol. The molecular weight excluding hydrogens is 251 g/mol. The third-order valence-electron chi connectivity index (χ3n) is 5.05. The Hall–Kier alpha value is -1.40. The molecule has 3 rings (SSSR count). The van der Waals surface area contributed by atoms with Gasteiger partial charge in [0.25, 0.3) is 0 Å². The van der Waals surface area contributed by atoms with E-state index in [0.717, 1.165) is 24.3 Å². The zero-order valence-corrected chi connectivity index (χ0v) is 12.0. The molecule has 3 unspecified atom stereocenters. The van der Waals surface area contributed by atoms with Crippen LogP contribution in [0.25, 0.3) is 0 Å². The van der Waals surface area contributed by atoms with Crippen LogP contribution in [0.5, 0.6) is 0 Å². The predicted molar refractivity (Wildman–Crippen MR) is 76.4 cm³/mol. The van der Waals surface area contributed by atoms with Crippen molar-refractivity contribution in [2.24, 2.45) is 17.8 Å². The van der Waals surface area contributed by atoms with E-state index in [1.54, 1.807) is 12.1 Å². The topological polar surface area (TPSA) is 27.0 Å². The zero-order chi connectivity index (χ0) is 14.1. The molecule has 2 aliphatic carbocycles. The molecule has 2 fully saturated rings. The Kier molecular flexibility index (Phi) is 3.76. The van der Waals surface area contributed by atoms with Gasteiger partial charge in [0.15, 0.2) is 0 Å². The summed E-state index contributed by atoms with van der Waals surface area (Å²) >= 11 is 0. The van der Waals surface area contributed by atoms with Crippen molar-refractivity contribution in [3.05, 3.63) is 35.1 Å². The Balaban J connectivity index is 1.59. The fraction of sp³-hybridized carbons (Fsp3) is 0.588. The van der Waals surface area contributed by atoms with E-state index < -0.39 is 0 Å². The fourth-order valence-electron chi connectivity index (χ4n) is 4.10. The number of nitriles is 1. The number of benzene rings is 1. The van der Waals surface area contributed by atoms with E-state index in [1.807, 2.05) is 6.07 Å². The van der Waals surface area contributed by atoms with Crippen LogP contribution in [0.2, 0.25) is 0 Å². The van der Waals surface area contributed by atoms with Gasteiger partial charge in [0.2, 0.25) is 0 Å². The van der Waals surface area contributed by atoms with Crippen LogP contribution in [0.3, 0.4) is 0 Å². The van der Waals surface area contributed by atoms with Gasteiger partial charge in [-0.15, -0.1) is 0 Å². The first-order chi connectivity index (χ1) is 9.65. The van der Waals surface area contributed by atoms with E-state index in [-0.39, 0.29) is 5.82 Å². The van der Waals surface area contributed by atoms with Crippen LogP contribution in [0.1, 0.15) is 36.8 Å². The first kappa shape index (κ1) is 13.6. The number of halogens is 1. The maximum Gasteiger partial charge on any atom is 0.129 e. The van der Waals surface area contributed by atoms with Gasteiger partial charge in [-0.3, -0.25) is 0 Å². The van der Waals surface area contributed by atoms with Crippen molar-refractivity contribution in [2.45, 2.75) is 32.2 Å². The van der Waals surface area contributed by atoms with Gasteiger partial charge in [-0.2, -0.15) is 5.26 Å². The molecule has 20 heavy (non-hydrogen) atoms. The van der Waals surface area contributed by atoms with E-state index in [9.17, 15) is 4.39 Å². The molecule has 2 saturated carbocycles. The van der Waals surface area contributed by atoms with E-state index in [0.29, 0.717) is 17.7 Å². The van der Waals surface area contributed by atoms with E-state index in [2.05, 4.69) is 11.9 Å². The second kappa shape index (κ2) is 5.54. The number of fused-ring (bicyclic) bond motifs is 2. The van der Waals surface area contributed by atoms with Crippen LogP contribution in [0, 0.1) is 34.9 Å². The second-order valence-corrected chi connectivity index (χ2v) is 6.55. The number of nitrogens with zero attached hydrogens (tertiary/aromatic N) is 2. The van der Waals surface area contributed by atoms with Crippen LogP contribution < -0.4 is 0 Å². The van der Waals surface area contributed by atoms with Crippen molar-refractivity contribution >= 4 is 0 Å². The Bertz CT molecular complexity index is 534. The highest BCUT2D eigenvalue weighted by Gasteiger charge is 2.39. The van der Waals surface area contributed by atoms with Gasteiger partial charge >= 0.3 is 0 Å². The minimum absolute atomic E-state index is 0.260.